The Hall–Kier alpha value is -1.56. The second-order valence-corrected chi connectivity index (χ2v) is 4.75. The molecule has 0 atom stereocenters. The third-order valence-electron chi connectivity index (χ3n) is 2.92. The molecule has 0 aliphatic heterocycles. The Labute approximate surface area is 96.7 Å². The van der Waals surface area contributed by atoms with Crippen molar-refractivity contribution in [1.82, 2.24) is 9.97 Å². The molecule has 0 amide bonds. The largest absolute Gasteiger partial charge is 0.354 e. The number of nitrogens with zero attached hydrogens (tertiary/aromatic N) is 2. The highest BCUT2D eigenvalue weighted by Gasteiger charge is 2.20. The summed E-state index contributed by atoms with van der Waals surface area (Å²) >= 11 is 0. The maximum atomic E-state index is 5.47. The van der Waals surface area contributed by atoms with Gasteiger partial charge in [-0.1, -0.05) is 5.92 Å². The molecule has 0 unspecified atom stereocenters. The van der Waals surface area contributed by atoms with Crippen LogP contribution in [0.25, 0.3) is 0 Å². The molecule has 0 saturated heterocycles. The summed E-state index contributed by atoms with van der Waals surface area (Å²) in [4.78, 5) is 8.64. The molecule has 0 radical (unpaired) electrons. The maximum absolute atomic E-state index is 5.47. The second-order valence-electron chi connectivity index (χ2n) is 4.75. The van der Waals surface area contributed by atoms with E-state index in [2.05, 4.69) is 21.2 Å². The summed E-state index contributed by atoms with van der Waals surface area (Å²) in [6, 6.07) is 0. The van der Waals surface area contributed by atoms with Crippen molar-refractivity contribution >= 4 is 5.82 Å². The molecular formula is C13H17N3. The lowest BCUT2D eigenvalue weighted by Gasteiger charge is -2.24. The predicted molar refractivity (Wildman–Crippen MR) is 65.2 cm³/mol. The number of anilines is 1. The fourth-order valence-electron chi connectivity index (χ4n) is 1.96. The van der Waals surface area contributed by atoms with Gasteiger partial charge in [0.15, 0.2) is 0 Å². The van der Waals surface area contributed by atoms with Crippen LogP contribution in [0.3, 0.4) is 0 Å². The summed E-state index contributed by atoms with van der Waals surface area (Å²) in [5.74, 6) is 3.63. The van der Waals surface area contributed by atoms with E-state index in [1.165, 1.54) is 24.1 Å². The van der Waals surface area contributed by atoms with Crippen molar-refractivity contribution in [2.45, 2.75) is 45.1 Å². The van der Waals surface area contributed by atoms with E-state index < -0.39 is 0 Å². The van der Waals surface area contributed by atoms with E-state index in [0.29, 0.717) is 0 Å². The monoisotopic (exact) mass is 215 g/mol. The van der Waals surface area contributed by atoms with Crippen LogP contribution < -0.4 is 5.32 Å². The number of rotatable bonds is 2. The number of aromatic nitrogens is 2. The minimum atomic E-state index is -0.362. The Kier molecular flexibility index (Phi) is 2.82. The van der Waals surface area contributed by atoms with Gasteiger partial charge in [-0.15, -0.1) is 6.42 Å². The van der Waals surface area contributed by atoms with Crippen molar-refractivity contribution < 1.29 is 0 Å². The number of aryl methyl sites for hydroxylation is 1. The molecular weight excluding hydrogens is 198 g/mol. The number of hydrogen-bond donors (Lipinski definition) is 1. The molecule has 0 spiro atoms. The molecule has 1 aromatic rings. The molecule has 16 heavy (non-hydrogen) atoms. The van der Waals surface area contributed by atoms with E-state index in [-0.39, 0.29) is 5.54 Å². The van der Waals surface area contributed by atoms with Crippen molar-refractivity contribution in [3.05, 3.63) is 17.6 Å². The highest BCUT2D eigenvalue weighted by Crippen LogP contribution is 2.26. The molecule has 0 aromatic carbocycles. The molecule has 84 valence electrons. The molecule has 3 nitrogen and oxygen atoms in total. The molecule has 0 fully saturated rings. The molecule has 2 rings (SSSR count). The SMILES string of the molecule is C#CC(C)(C)Nc1ncnc2c1CCCC2. The highest BCUT2D eigenvalue weighted by molar-refractivity contribution is 5.50. The van der Waals surface area contributed by atoms with Gasteiger partial charge in [-0.25, -0.2) is 9.97 Å². The van der Waals surface area contributed by atoms with Gasteiger partial charge in [-0.05, 0) is 39.5 Å². The standard InChI is InChI=1S/C13H17N3/c1-4-13(2,3)16-12-10-7-5-6-8-11(10)14-9-15-12/h1,9H,5-8H2,2-3H3,(H,14,15,16). The molecule has 1 aliphatic carbocycles. The summed E-state index contributed by atoms with van der Waals surface area (Å²) in [6.45, 7) is 3.95. The van der Waals surface area contributed by atoms with Crippen LogP contribution in [0.1, 0.15) is 37.9 Å². The summed E-state index contributed by atoms with van der Waals surface area (Å²) in [6.07, 6.45) is 11.6. The third kappa shape index (κ3) is 2.16. The lowest BCUT2D eigenvalue weighted by Crippen LogP contribution is -2.30. The van der Waals surface area contributed by atoms with Crippen LogP contribution in [0.4, 0.5) is 5.82 Å². The van der Waals surface area contributed by atoms with Crippen molar-refractivity contribution in [1.29, 1.82) is 0 Å². The zero-order chi connectivity index (χ0) is 11.6. The molecule has 1 aliphatic rings. The lowest BCUT2D eigenvalue weighted by atomic mass is 9.95. The van der Waals surface area contributed by atoms with Crippen LogP contribution >= 0.6 is 0 Å². The van der Waals surface area contributed by atoms with E-state index in [4.69, 9.17) is 6.42 Å². The van der Waals surface area contributed by atoms with E-state index >= 15 is 0 Å². The third-order valence-corrected chi connectivity index (χ3v) is 2.92. The van der Waals surface area contributed by atoms with E-state index in [1.54, 1.807) is 6.33 Å². The van der Waals surface area contributed by atoms with Crippen molar-refractivity contribution in [3.8, 4) is 12.3 Å². The van der Waals surface area contributed by atoms with Gasteiger partial charge >= 0.3 is 0 Å². The van der Waals surface area contributed by atoms with E-state index in [1.807, 2.05) is 13.8 Å². The Morgan fingerprint density at radius 2 is 2.06 bits per heavy atom. The number of hydrogen-bond acceptors (Lipinski definition) is 3. The summed E-state index contributed by atoms with van der Waals surface area (Å²) in [5, 5.41) is 3.31. The van der Waals surface area contributed by atoms with Gasteiger partial charge in [0.1, 0.15) is 12.1 Å². The first kappa shape index (κ1) is 10.9. The summed E-state index contributed by atoms with van der Waals surface area (Å²) in [7, 11) is 0. The Balaban J connectivity index is 2.32. The summed E-state index contributed by atoms with van der Waals surface area (Å²) in [5.41, 5.74) is 2.06. The van der Waals surface area contributed by atoms with Gasteiger partial charge in [-0.2, -0.15) is 0 Å². The first-order valence-electron chi connectivity index (χ1n) is 5.71. The number of nitrogens with one attached hydrogen (secondary N) is 1. The minimum Gasteiger partial charge on any atom is -0.354 e. The average molecular weight is 215 g/mol. The predicted octanol–water partition coefficient (Wildman–Crippen LogP) is 2.18. The van der Waals surface area contributed by atoms with E-state index in [0.717, 1.165) is 18.7 Å². The van der Waals surface area contributed by atoms with Crippen LogP contribution in [-0.4, -0.2) is 15.5 Å². The molecule has 1 aromatic heterocycles. The quantitative estimate of drug-likeness (QED) is 0.768. The van der Waals surface area contributed by atoms with Gasteiger partial charge in [-0.3, -0.25) is 0 Å². The van der Waals surface area contributed by atoms with E-state index in [9.17, 15) is 0 Å². The molecule has 0 bridgehead atoms. The highest BCUT2D eigenvalue weighted by atomic mass is 15.1. The second kappa shape index (κ2) is 4.13. The molecule has 0 saturated carbocycles. The number of terminal acetylenes is 1. The maximum Gasteiger partial charge on any atom is 0.133 e. The van der Waals surface area contributed by atoms with Crippen molar-refractivity contribution in [2.24, 2.45) is 0 Å². The first-order valence-corrected chi connectivity index (χ1v) is 5.71. The van der Waals surface area contributed by atoms with Crippen LogP contribution in [0.5, 0.6) is 0 Å². The van der Waals surface area contributed by atoms with Crippen molar-refractivity contribution in [2.75, 3.05) is 5.32 Å². The zero-order valence-electron chi connectivity index (χ0n) is 9.88. The Morgan fingerprint density at radius 1 is 1.31 bits per heavy atom. The minimum absolute atomic E-state index is 0.362. The van der Waals surface area contributed by atoms with Crippen LogP contribution in [-0.2, 0) is 12.8 Å². The lowest BCUT2D eigenvalue weighted by molar-refractivity contribution is 0.656. The van der Waals surface area contributed by atoms with Gasteiger partial charge < -0.3 is 5.32 Å². The molecule has 1 N–H and O–H groups in total. The fourth-order valence-corrected chi connectivity index (χ4v) is 1.96. The Morgan fingerprint density at radius 3 is 2.81 bits per heavy atom. The fraction of sp³-hybridized carbons (Fsp3) is 0.538. The molecule has 1 heterocycles. The summed E-state index contributed by atoms with van der Waals surface area (Å²) < 4.78 is 0. The topological polar surface area (TPSA) is 37.8 Å². The van der Waals surface area contributed by atoms with Crippen LogP contribution in [0.2, 0.25) is 0 Å². The van der Waals surface area contributed by atoms with Gasteiger partial charge in [0.25, 0.3) is 0 Å². The van der Waals surface area contributed by atoms with Gasteiger partial charge in [0.05, 0.1) is 5.54 Å². The zero-order valence-corrected chi connectivity index (χ0v) is 9.88. The van der Waals surface area contributed by atoms with Crippen LogP contribution in [0, 0.1) is 12.3 Å². The number of fused-ring (bicyclic) bond motifs is 1. The average Bonchev–Trinajstić information content (AvgIpc) is 2.29. The smallest absolute Gasteiger partial charge is 0.133 e. The van der Waals surface area contributed by atoms with Gasteiger partial charge in [0, 0.05) is 11.3 Å². The Bertz CT molecular complexity index is 429. The van der Waals surface area contributed by atoms with Crippen LogP contribution in [0.15, 0.2) is 6.33 Å². The first-order chi connectivity index (χ1) is 7.62. The molecule has 3 heteroatoms. The normalized spacial score (nSPS) is 15.1. The van der Waals surface area contributed by atoms with Crippen molar-refractivity contribution in [3.63, 3.8) is 0 Å². The van der Waals surface area contributed by atoms with Gasteiger partial charge in [0.2, 0.25) is 0 Å².